The van der Waals surface area contributed by atoms with Gasteiger partial charge in [0.15, 0.2) is 5.78 Å². The Kier molecular flexibility index (Phi) is 2.52. The minimum Gasteiger partial charge on any atom is -0.458 e. The summed E-state index contributed by atoms with van der Waals surface area (Å²) >= 11 is 0. The molecule has 0 amide bonds. The number of esters is 1. The van der Waals surface area contributed by atoms with Gasteiger partial charge in [0, 0.05) is 17.9 Å². The van der Waals surface area contributed by atoms with Crippen LogP contribution >= 0.6 is 0 Å². The van der Waals surface area contributed by atoms with Crippen LogP contribution in [0.1, 0.15) is 33.1 Å². The van der Waals surface area contributed by atoms with Crippen LogP contribution in [0.2, 0.25) is 0 Å². The molecule has 0 spiro atoms. The van der Waals surface area contributed by atoms with E-state index < -0.39 is 5.60 Å². The van der Waals surface area contributed by atoms with Crippen molar-refractivity contribution in [1.82, 2.24) is 0 Å². The normalized spacial score (nSPS) is 42.1. The van der Waals surface area contributed by atoms with Crippen LogP contribution in [-0.4, -0.2) is 28.6 Å². The molecule has 0 aromatic carbocycles. The monoisotopic (exact) mass is 262 g/mol. The lowest BCUT2D eigenvalue weighted by Crippen LogP contribution is -2.37. The number of carbonyl (C=O) groups excluding carboxylic acids is 2. The maximum Gasteiger partial charge on any atom is 0.334 e. The van der Waals surface area contributed by atoms with Crippen molar-refractivity contribution in [2.45, 2.75) is 44.8 Å². The molecule has 1 heterocycles. The molecule has 4 nitrogen and oxygen atoms in total. The summed E-state index contributed by atoms with van der Waals surface area (Å²) in [6, 6.07) is 0. The van der Waals surface area contributed by atoms with Crippen molar-refractivity contribution < 1.29 is 19.4 Å². The van der Waals surface area contributed by atoms with Gasteiger partial charge in [-0.15, -0.1) is 0 Å². The van der Waals surface area contributed by atoms with Gasteiger partial charge in [0.05, 0.1) is 5.60 Å². The first-order valence-electron chi connectivity index (χ1n) is 6.70. The van der Waals surface area contributed by atoms with Crippen LogP contribution < -0.4 is 0 Å². The fourth-order valence-corrected chi connectivity index (χ4v) is 3.68. The zero-order valence-electron chi connectivity index (χ0n) is 11.2. The smallest absolute Gasteiger partial charge is 0.334 e. The molecule has 1 aliphatic heterocycles. The topological polar surface area (TPSA) is 63.6 Å². The molecule has 1 saturated carbocycles. The predicted octanol–water partition coefficient (Wildman–Crippen LogP) is 1.53. The Hall–Kier alpha value is -1.42. The number of rotatable bonds is 0. The number of ether oxygens (including phenoxy) is 1. The van der Waals surface area contributed by atoms with E-state index >= 15 is 0 Å². The van der Waals surface area contributed by atoms with Crippen molar-refractivity contribution in [3.8, 4) is 0 Å². The Balaban J connectivity index is 2.06. The van der Waals surface area contributed by atoms with Crippen molar-refractivity contribution in [2.75, 3.05) is 0 Å². The third kappa shape index (κ3) is 1.56. The summed E-state index contributed by atoms with van der Waals surface area (Å²) < 4.78 is 5.34. The fraction of sp³-hybridized carbons (Fsp3) is 0.600. The SMILES string of the molecule is C=C1C(=O)O[C@H]2C[C@H](C)[C@]3(O)CC(=O)C(C)=C3C[C@H]12. The quantitative estimate of drug-likeness (QED) is 0.531. The van der Waals surface area contributed by atoms with Gasteiger partial charge in [0.2, 0.25) is 0 Å². The standard InChI is InChI=1S/C15H18O4/c1-7-4-13-10(8(2)14(17)19-13)5-11-9(3)12(16)6-15(7,11)18/h7,10,13,18H,2,4-6H2,1,3H3/t7-,10+,13-,15+/m0/s1. The van der Waals surface area contributed by atoms with Crippen molar-refractivity contribution >= 4 is 11.8 Å². The van der Waals surface area contributed by atoms with Crippen LogP contribution in [0.25, 0.3) is 0 Å². The van der Waals surface area contributed by atoms with Gasteiger partial charge in [-0.1, -0.05) is 13.5 Å². The number of fused-ring (bicyclic) bond motifs is 2. The predicted molar refractivity (Wildman–Crippen MR) is 68.2 cm³/mol. The first-order valence-corrected chi connectivity index (χ1v) is 6.70. The molecule has 0 bridgehead atoms. The molecule has 0 radical (unpaired) electrons. The van der Waals surface area contributed by atoms with Gasteiger partial charge in [-0.25, -0.2) is 4.79 Å². The molecule has 3 aliphatic rings. The average molecular weight is 262 g/mol. The molecule has 1 N–H and O–H groups in total. The zero-order chi connectivity index (χ0) is 13.9. The van der Waals surface area contributed by atoms with Crippen molar-refractivity contribution in [2.24, 2.45) is 11.8 Å². The van der Waals surface area contributed by atoms with E-state index in [1.54, 1.807) is 6.92 Å². The largest absolute Gasteiger partial charge is 0.458 e. The van der Waals surface area contributed by atoms with E-state index in [-0.39, 0.29) is 36.1 Å². The summed E-state index contributed by atoms with van der Waals surface area (Å²) in [5.41, 5.74) is 0.860. The van der Waals surface area contributed by atoms with Crippen molar-refractivity contribution in [3.63, 3.8) is 0 Å². The van der Waals surface area contributed by atoms with Gasteiger partial charge in [0.25, 0.3) is 0 Å². The molecule has 102 valence electrons. The average Bonchev–Trinajstić information content (AvgIpc) is 2.68. The van der Waals surface area contributed by atoms with E-state index in [2.05, 4.69) is 6.58 Å². The summed E-state index contributed by atoms with van der Waals surface area (Å²) in [7, 11) is 0. The highest BCUT2D eigenvalue weighted by Gasteiger charge is 2.53. The number of Topliss-reactive ketones (excluding diaryl/α,β-unsaturated/α-hetero) is 1. The van der Waals surface area contributed by atoms with Crippen LogP contribution in [-0.2, 0) is 14.3 Å². The number of allylic oxidation sites excluding steroid dienone is 1. The van der Waals surface area contributed by atoms with Crippen LogP contribution in [0.15, 0.2) is 23.3 Å². The second-order valence-corrected chi connectivity index (χ2v) is 6.04. The molecule has 0 aromatic rings. The van der Waals surface area contributed by atoms with Crippen LogP contribution in [0.4, 0.5) is 0 Å². The second kappa shape index (κ2) is 3.79. The molecule has 4 atom stereocenters. The highest BCUT2D eigenvalue weighted by Crippen LogP contribution is 2.50. The van der Waals surface area contributed by atoms with Crippen molar-refractivity contribution in [3.05, 3.63) is 23.3 Å². The minimum atomic E-state index is -1.06. The molecule has 2 aliphatic carbocycles. The maximum absolute atomic E-state index is 11.9. The van der Waals surface area contributed by atoms with Gasteiger partial charge >= 0.3 is 5.97 Å². The highest BCUT2D eigenvalue weighted by atomic mass is 16.6. The van der Waals surface area contributed by atoms with E-state index in [1.165, 1.54) is 0 Å². The summed E-state index contributed by atoms with van der Waals surface area (Å²) in [5, 5.41) is 10.9. The molecule has 1 saturated heterocycles. The molecule has 3 rings (SSSR count). The van der Waals surface area contributed by atoms with Crippen LogP contribution in [0.5, 0.6) is 0 Å². The summed E-state index contributed by atoms with van der Waals surface area (Å²) in [6.45, 7) is 7.49. The third-order valence-electron chi connectivity index (χ3n) is 5.07. The van der Waals surface area contributed by atoms with Gasteiger partial charge in [-0.2, -0.15) is 0 Å². The number of ketones is 1. The summed E-state index contributed by atoms with van der Waals surface area (Å²) in [4.78, 5) is 23.5. The van der Waals surface area contributed by atoms with Crippen LogP contribution in [0.3, 0.4) is 0 Å². The molecule has 0 aromatic heterocycles. The summed E-state index contributed by atoms with van der Waals surface area (Å²) in [5.74, 6) is -0.522. The van der Waals surface area contributed by atoms with E-state index in [1.807, 2.05) is 6.92 Å². The number of aliphatic hydroxyl groups is 1. The Bertz CT molecular complexity index is 530. The molecule has 4 heteroatoms. The van der Waals surface area contributed by atoms with Gasteiger partial charge in [0.1, 0.15) is 6.10 Å². The van der Waals surface area contributed by atoms with E-state index in [0.29, 0.717) is 24.0 Å². The van der Waals surface area contributed by atoms with Gasteiger partial charge < -0.3 is 9.84 Å². The third-order valence-corrected chi connectivity index (χ3v) is 5.07. The Morgan fingerprint density at radius 2 is 2.11 bits per heavy atom. The molecular formula is C15H18O4. The Morgan fingerprint density at radius 3 is 2.79 bits per heavy atom. The first-order chi connectivity index (χ1) is 8.84. The molecule has 0 unspecified atom stereocenters. The first kappa shape index (κ1) is 12.6. The second-order valence-electron chi connectivity index (χ2n) is 6.04. The molecular weight excluding hydrogens is 244 g/mol. The van der Waals surface area contributed by atoms with Gasteiger partial charge in [-0.3, -0.25) is 4.79 Å². The van der Waals surface area contributed by atoms with E-state index in [4.69, 9.17) is 4.74 Å². The van der Waals surface area contributed by atoms with E-state index in [9.17, 15) is 14.7 Å². The summed E-state index contributed by atoms with van der Waals surface area (Å²) in [6.07, 6.45) is 1.04. The maximum atomic E-state index is 11.9. The van der Waals surface area contributed by atoms with Crippen LogP contribution in [0, 0.1) is 11.8 Å². The fourth-order valence-electron chi connectivity index (χ4n) is 3.68. The molecule has 19 heavy (non-hydrogen) atoms. The lowest BCUT2D eigenvalue weighted by Gasteiger charge is -2.31. The number of hydrogen-bond acceptors (Lipinski definition) is 4. The van der Waals surface area contributed by atoms with Gasteiger partial charge in [-0.05, 0) is 36.8 Å². The molecule has 2 fully saturated rings. The Labute approximate surface area is 112 Å². The lowest BCUT2D eigenvalue weighted by atomic mass is 9.81. The van der Waals surface area contributed by atoms with Crippen molar-refractivity contribution in [1.29, 1.82) is 0 Å². The number of hydrogen-bond donors (Lipinski definition) is 1. The zero-order valence-corrected chi connectivity index (χ0v) is 11.2. The number of carbonyl (C=O) groups is 2. The Morgan fingerprint density at radius 1 is 1.42 bits per heavy atom. The minimum absolute atomic E-state index is 0.0126. The lowest BCUT2D eigenvalue weighted by molar-refractivity contribution is -0.140. The highest BCUT2D eigenvalue weighted by molar-refractivity contribution is 6.00. The van der Waals surface area contributed by atoms with E-state index in [0.717, 1.165) is 5.57 Å².